The molecule has 8 heteroatoms. The number of aromatic nitrogens is 2. The topological polar surface area (TPSA) is 54.9 Å². The first-order valence-corrected chi connectivity index (χ1v) is 8.58. The lowest BCUT2D eigenvalue weighted by Crippen LogP contribution is -2.25. The molecule has 0 saturated heterocycles. The summed E-state index contributed by atoms with van der Waals surface area (Å²) in [4.78, 5) is 21.6. The number of hydrogen-bond acceptors (Lipinski definition) is 4. The normalized spacial score (nSPS) is 11.3. The van der Waals surface area contributed by atoms with Gasteiger partial charge in [-0.25, -0.2) is 0 Å². The van der Waals surface area contributed by atoms with Crippen LogP contribution < -0.4 is 5.32 Å². The van der Waals surface area contributed by atoms with Crippen molar-refractivity contribution in [3.05, 3.63) is 71.0 Å². The van der Waals surface area contributed by atoms with Gasteiger partial charge in [0.25, 0.3) is 0 Å². The SMILES string of the molecule is O=C(Cc1cccc(C(F)(F)F)c1)NCc1nccnc1-c1cccs1. The Balaban J connectivity index is 1.66. The van der Waals surface area contributed by atoms with E-state index in [1.54, 1.807) is 6.20 Å². The number of alkyl halides is 3. The monoisotopic (exact) mass is 377 g/mol. The van der Waals surface area contributed by atoms with Crippen molar-refractivity contribution in [3.63, 3.8) is 0 Å². The van der Waals surface area contributed by atoms with Crippen molar-refractivity contribution in [2.45, 2.75) is 19.1 Å². The third kappa shape index (κ3) is 4.45. The van der Waals surface area contributed by atoms with Crippen LogP contribution in [-0.2, 0) is 23.9 Å². The van der Waals surface area contributed by atoms with Crippen molar-refractivity contribution >= 4 is 17.2 Å². The van der Waals surface area contributed by atoms with Crippen molar-refractivity contribution in [1.82, 2.24) is 15.3 Å². The van der Waals surface area contributed by atoms with Gasteiger partial charge in [-0.2, -0.15) is 13.2 Å². The Labute approximate surface area is 151 Å². The van der Waals surface area contributed by atoms with Crippen LogP contribution in [0.2, 0.25) is 0 Å². The van der Waals surface area contributed by atoms with Crippen LogP contribution in [0.25, 0.3) is 10.6 Å². The highest BCUT2D eigenvalue weighted by Crippen LogP contribution is 2.29. The van der Waals surface area contributed by atoms with Crippen LogP contribution in [0.3, 0.4) is 0 Å². The van der Waals surface area contributed by atoms with E-state index in [0.29, 0.717) is 17.0 Å². The average molecular weight is 377 g/mol. The van der Waals surface area contributed by atoms with Gasteiger partial charge in [-0.1, -0.05) is 24.3 Å². The van der Waals surface area contributed by atoms with Crippen LogP contribution in [0, 0.1) is 0 Å². The van der Waals surface area contributed by atoms with Gasteiger partial charge in [0, 0.05) is 12.4 Å². The molecule has 0 atom stereocenters. The highest BCUT2D eigenvalue weighted by Gasteiger charge is 2.30. The largest absolute Gasteiger partial charge is 0.416 e. The number of nitrogens with zero attached hydrogens (tertiary/aromatic N) is 2. The van der Waals surface area contributed by atoms with Crippen molar-refractivity contribution in [2.24, 2.45) is 0 Å². The second-order valence-corrected chi connectivity index (χ2v) is 6.43. The lowest BCUT2D eigenvalue weighted by molar-refractivity contribution is -0.137. The summed E-state index contributed by atoms with van der Waals surface area (Å²) < 4.78 is 38.2. The molecule has 0 radical (unpaired) electrons. The third-order valence-electron chi connectivity index (χ3n) is 3.60. The summed E-state index contributed by atoms with van der Waals surface area (Å²) in [5.41, 5.74) is 0.820. The van der Waals surface area contributed by atoms with E-state index in [0.717, 1.165) is 17.0 Å². The molecule has 0 bridgehead atoms. The van der Waals surface area contributed by atoms with Gasteiger partial charge in [-0.15, -0.1) is 11.3 Å². The molecule has 3 rings (SSSR count). The number of amides is 1. The van der Waals surface area contributed by atoms with E-state index in [1.165, 1.54) is 29.7 Å². The summed E-state index contributed by atoms with van der Waals surface area (Å²) in [7, 11) is 0. The molecule has 2 aromatic heterocycles. The molecule has 0 aliphatic rings. The Morgan fingerprint density at radius 2 is 1.92 bits per heavy atom. The predicted molar refractivity (Wildman–Crippen MR) is 92.3 cm³/mol. The average Bonchev–Trinajstić information content (AvgIpc) is 3.14. The van der Waals surface area contributed by atoms with E-state index in [2.05, 4.69) is 15.3 Å². The first kappa shape index (κ1) is 18.1. The Bertz CT molecular complexity index is 895. The number of benzene rings is 1. The minimum Gasteiger partial charge on any atom is -0.350 e. The van der Waals surface area contributed by atoms with Crippen LogP contribution in [0.15, 0.2) is 54.2 Å². The van der Waals surface area contributed by atoms with Gasteiger partial charge < -0.3 is 5.32 Å². The summed E-state index contributed by atoms with van der Waals surface area (Å²) in [5.74, 6) is -0.382. The first-order chi connectivity index (χ1) is 12.4. The van der Waals surface area contributed by atoms with E-state index >= 15 is 0 Å². The Kier molecular flexibility index (Phi) is 5.32. The summed E-state index contributed by atoms with van der Waals surface area (Å²) in [6, 6.07) is 8.55. The molecule has 26 heavy (non-hydrogen) atoms. The maximum Gasteiger partial charge on any atom is 0.416 e. The Morgan fingerprint density at radius 3 is 2.65 bits per heavy atom. The molecule has 0 unspecified atom stereocenters. The van der Waals surface area contributed by atoms with Gasteiger partial charge in [-0.3, -0.25) is 14.8 Å². The fourth-order valence-electron chi connectivity index (χ4n) is 2.40. The highest BCUT2D eigenvalue weighted by molar-refractivity contribution is 7.13. The number of carbonyl (C=O) groups excluding carboxylic acids is 1. The number of halogens is 3. The standard InChI is InChI=1S/C18H14F3N3OS/c19-18(20,21)13-4-1-3-12(9-13)10-16(25)24-11-14-17(23-7-6-22-14)15-5-2-8-26-15/h1-9H,10-11H2,(H,24,25). The van der Waals surface area contributed by atoms with E-state index in [9.17, 15) is 18.0 Å². The van der Waals surface area contributed by atoms with Gasteiger partial charge in [0.1, 0.15) is 5.69 Å². The van der Waals surface area contributed by atoms with Crippen molar-refractivity contribution in [2.75, 3.05) is 0 Å². The van der Waals surface area contributed by atoms with E-state index < -0.39 is 11.7 Å². The Hall–Kier alpha value is -2.74. The number of thiophene rings is 1. The molecule has 1 N–H and O–H groups in total. The number of hydrogen-bond donors (Lipinski definition) is 1. The molecule has 1 amide bonds. The van der Waals surface area contributed by atoms with E-state index in [1.807, 2.05) is 17.5 Å². The van der Waals surface area contributed by atoms with E-state index in [-0.39, 0.29) is 18.9 Å². The van der Waals surface area contributed by atoms with E-state index in [4.69, 9.17) is 0 Å². The fraction of sp³-hybridized carbons (Fsp3) is 0.167. The van der Waals surface area contributed by atoms with Gasteiger partial charge in [0.05, 0.1) is 29.1 Å². The summed E-state index contributed by atoms with van der Waals surface area (Å²) in [6.07, 6.45) is -1.46. The maximum atomic E-state index is 12.7. The van der Waals surface area contributed by atoms with Gasteiger partial charge >= 0.3 is 6.18 Å². The molecule has 2 heterocycles. The lowest BCUT2D eigenvalue weighted by atomic mass is 10.1. The minimum absolute atomic E-state index is 0.140. The van der Waals surface area contributed by atoms with Crippen LogP contribution in [0.4, 0.5) is 13.2 Å². The molecule has 4 nitrogen and oxygen atoms in total. The predicted octanol–water partition coefficient (Wildman–Crippen LogP) is 4.08. The van der Waals surface area contributed by atoms with Crippen LogP contribution in [0.5, 0.6) is 0 Å². The van der Waals surface area contributed by atoms with Gasteiger partial charge in [-0.05, 0) is 23.1 Å². The smallest absolute Gasteiger partial charge is 0.350 e. The number of carbonyl (C=O) groups is 1. The third-order valence-corrected chi connectivity index (χ3v) is 4.48. The summed E-state index contributed by atoms with van der Waals surface area (Å²) in [5, 5.41) is 4.61. The number of rotatable bonds is 5. The zero-order valence-electron chi connectivity index (χ0n) is 13.5. The summed E-state index contributed by atoms with van der Waals surface area (Å²) >= 11 is 1.51. The number of nitrogens with one attached hydrogen (secondary N) is 1. The van der Waals surface area contributed by atoms with Crippen LogP contribution in [0.1, 0.15) is 16.8 Å². The molecule has 0 saturated carbocycles. The van der Waals surface area contributed by atoms with Gasteiger partial charge in [0.15, 0.2) is 0 Å². The second-order valence-electron chi connectivity index (χ2n) is 5.48. The quantitative estimate of drug-likeness (QED) is 0.729. The first-order valence-electron chi connectivity index (χ1n) is 7.70. The van der Waals surface area contributed by atoms with Crippen molar-refractivity contribution in [1.29, 1.82) is 0 Å². The molecule has 0 spiro atoms. The lowest BCUT2D eigenvalue weighted by Gasteiger charge is -2.10. The van der Waals surface area contributed by atoms with Crippen LogP contribution >= 0.6 is 11.3 Å². The van der Waals surface area contributed by atoms with Crippen LogP contribution in [-0.4, -0.2) is 15.9 Å². The maximum absolute atomic E-state index is 12.7. The highest BCUT2D eigenvalue weighted by atomic mass is 32.1. The zero-order chi connectivity index (χ0) is 18.6. The van der Waals surface area contributed by atoms with Crippen molar-refractivity contribution in [3.8, 4) is 10.6 Å². The van der Waals surface area contributed by atoms with Gasteiger partial charge in [0.2, 0.25) is 5.91 Å². The molecular weight excluding hydrogens is 363 g/mol. The summed E-state index contributed by atoms with van der Waals surface area (Å²) in [6.45, 7) is 0.152. The fourth-order valence-corrected chi connectivity index (χ4v) is 3.15. The molecule has 0 aliphatic heterocycles. The minimum atomic E-state index is -4.43. The molecule has 3 aromatic rings. The zero-order valence-corrected chi connectivity index (χ0v) is 14.3. The molecular formula is C18H14F3N3OS. The molecule has 1 aromatic carbocycles. The van der Waals surface area contributed by atoms with Crippen molar-refractivity contribution < 1.29 is 18.0 Å². The molecule has 0 aliphatic carbocycles. The molecule has 134 valence electrons. The Morgan fingerprint density at radius 1 is 1.12 bits per heavy atom. The molecule has 0 fully saturated rings. The second kappa shape index (κ2) is 7.65.